The van der Waals surface area contributed by atoms with E-state index in [2.05, 4.69) is 0 Å². The van der Waals surface area contributed by atoms with Crippen LogP contribution >= 0.6 is 0 Å². The van der Waals surface area contributed by atoms with Gasteiger partial charge in [-0.15, -0.1) is 0 Å². The third kappa shape index (κ3) is 2.38. The second kappa shape index (κ2) is 4.04. The van der Waals surface area contributed by atoms with Crippen molar-refractivity contribution in [1.82, 2.24) is 0 Å². The number of nitrogens with two attached hydrogens (primary N) is 1. The molecule has 0 amide bonds. The van der Waals surface area contributed by atoms with Gasteiger partial charge in [-0.2, -0.15) is 13.2 Å². The zero-order valence-electron chi connectivity index (χ0n) is 7.91. The normalized spacial score (nSPS) is 33.6. The van der Waals surface area contributed by atoms with Crippen molar-refractivity contribution in [2.75, 3.05) is 6.54 Å². The van der Waals surface area contributed by atoms with Crippen LogP contribution in [0.2, 0.25) is 0 Å². The minimum atomic E-state index is -4.70. The second-order valence-corrected chi connectivity index (χ2v) is 4.00. The van der Waals surface area contributed by atoms with Gasteiger partial charge in [0, 0.05) is 0 Å². The summed E-state index contributed by atoms with van der Waals surface area (Å²) in [5.41, 5.74) is 2.31. The van der Waals surface area contributed by atoms with Gasteiger partial charge in [0.2, 0.25) is 5.67 Å². The Kier molecular flexibility index (Phi) is 3.40. The van der Waals surface area contributed by atoms with Gasteiger partial charge in [-0.1, -0.05) is 0 Å². The summed E-state index contributed by atoms with van der Waals surface area (Å²) in [7, 11) is 0. The van der Waals surface area contributed by atoms with Gasteiger partial charge in [0.15, 0.2) is 0 Å². The van der Waals surface area contributed by atoms with Gasteiger partial charge in [0.25, 0.3) is 0 Å². The molecule has 14 heavy (non-hydrogen) atoms. The van der Waals surface area contributed by atoms with Crippen molar-refractivity contribution in [2.24, 2.45) is 11.7 Å². The van der Waals surface area contributed by atoms with Gasteiger partial charge in [-0.3, -0.25) is 0 Å². The fourth-order valence-electron chi connectivity index (χ4n) is 2.00. The fourth-order valence-corrected chi connectivity index (χ4v) is 2.00. The molecule has 2 unspecified atom stereocenters. The van der Waals surface area contributed by atoms with Crippen molar-refractivity contribution in [3.05, 3.63) is 0 Å². The average molecular weight is 213 g/mol. The first-order valence-corrected chi connectivity index (χ1v) is 4.85. The summed E-state index contributed by atoms with van der Waals surface area (Å²) < 4.78 is 50.1. The minimum Gasteiger partial charge on any atom is -0.330 e. The molecule has 0 spiro atoms. The Hall–Kier alpha value is -0.320. The molecule has 0 aromatic rings. The maximum atomic E-state index is 13.3. The van der Waals surface area contributed by atoms with E-state index < -0.39 is 11.8 Å². The van der Waals surface area contributed by atoms with Crippen LogP contribution in [0.3, 0.4) is 0 Å². The molecule has 0 aromatic heterocycles. The van der Waals surface area contributed by atoms with Gasteiger partial charge in [0.05, 0.1) is 0 Å². The SMILES string of the molecule is NCCCC1CCC(F)(C(F)(F)F)C1. The van der Waals surface area contributed by atoms with Crippen LogP contribution in [0.25, 0.3) is 0 Å². The number of rotatable bonds is 3. The molecule has 0 aromatic carbocycles. The molecule has 2 N–H and O–H groups in total. The highest BCUT2D eigenvalue weighted by atomic mass is 19.4. The molecule has 0 aliphatic heterocycles. The molecule has 0 bridgehead atoms. The summed E-state index contributed by atoms with van der Waals surface area (Å²) in [5.74, 6) is -0.148. The van der Waals surface area contributed by atoms with Gasteiger partial charge in [-0.25, -0.2) is 4.39 Å². The lowest BCUT2D eigenvalue weighted by Gasteiger charge is -2.22. The third-order valence-corrected chi connectivity index (χ3v) is 2.89. The maximum absolute atomic E-state index is 13.3. The van der Waals surface area contributed by atoms with Crippen LogP contribution in [0.4, 0.5) is 17.6 Å². The van der Waals surface area contributed by atoms with Gasteiger partial charge < -0.3 is 5.73 Å². The summed E-state index contributed by atoms with van der Waals surface area (Å²) in [4.78, 5) is 0. The quantitative estimate of drug-likeness (QED) is 0.717. The van der Waals surface area contributed by atoms with Gasteiger partial charge in [-0.05, 0) is 44.6 Å². The molecule has 1 saturated carbocycles. The lowest BCUT2D eigenvalue weighted by molar-refractivity contribution is -0.228. The summed E-state index contributed by atoms with van der Waals surface area (Å²) in [6.45, 7) is 0.460. The van der Waals surface area contributed by atoms with Crippen molar-refractivity contribution in [1.29, 1.82) is 0 Å². The maximum Gasteiger partial charge on any atom is 0.422 e. The van der Waals surface area contributed by atoms with Crippen LogP contribution < -0.4 is 5.73 Å². The average Bonchev–Trinajstić information content (AvgIpc) is 2.44. The zero-order chi connectivity index (χ0) is 10.8. The molecule has 0 saturated heterocycles. The monoisotopic (exact) mass is 213 g/mol. The van der Waals surface area contributed by atoms with Crippen molar-refractivity contribution in [3.8, 4) is 0 Å². The highest BCUT2D eigenvalue weighted by molar-refractivity contribution is 4.95. The molecule has 1 aliphatic rings. The highest BCUT2D eigenvalue weighted by Gasteiger charge is 2.58. The van der Waals surface area contributed by atoms with E-state index in [1.807, 2.05) is 0 Å². The van der Waals surface area contributed by atoms with E-state index in [1.165, 1.54) is 0 Å². The second-order valence-electron chi connectivity index (χ2n) is 4.00. The first-order valence-electron chi connectivity index (χ1n) is 4.85. The smallest absolute Gasteiger partial charge is 0.330 e. The Bertz CT molecular complexity index is 192. The molecule has 2 atom stereocenters. The fraction of sp³-hybridized carbons (Fsp3) is 1.00. The van der Waals surface area contributed by atoms with Crippen LogP contribution in [0, 0.1) is 5.92 Å². The largest absolute Gasteiger partial charge is 0.422 e. The van der Waals surface area contributed by atoms with E-state index in [9.17, 15) is 17.6 Å². The molecule has 84 valence electrons. The predicted molar refractivity (Wildman–Crippen MR) is 45.5 cm³/mol. The van der Waals surface area contributed by atoms with Crippen molar-refractivity contribution in [3.63, 3.8) is 0 Å². The predicted octanol–water partition coefficient (Wildman–Crippen LogP) is 2.80. The standard InChI is InChI=1S/C9H15F4N/c10-8(9(11,12)13)4-3-7(6-8)2-1-5-14/h7H,1-6,14H2. The Morgan fingerprint density at radius 1 is 1.36 bits per heavy atom. The molecule has 1 nitrogen and oxygen atoms in total. The molecule has 0 radical (unpaired) electrons. The zero-order valence-corrected chi connectivity index (χ0v) is 7.91. The highest BCUT2D eigenvalue weighted by Crippen LogP contribution is 2.49. The Morgan fingerprint density at radius 2 is 2.00 bits per heavy atom. The molecular weight excluding hydrogens is 198 g/mol. The lowest BCUT2D eigenvalue weighted by atomic mass is 9.98. The molecular formula is C9H15F4N. The van der Waals surface area contributed by atoms with Gasteiger partial charge in [0.1, 0.15) is 0 Å². The summed E-state index contributed by atoms with van der Waals surface area (Å²) in [5, 5.41) is 0. The van der Waals surface area contributed by atoms with Crippen LogP contribution in [-0.4, -0.2) is 18.4 Å². The lowest BCUT2D eigenvalue weighted by Crippen LogP contribution is -2.38. The van der Waals surface area contributed by atoms with E-state index in [4.69, 9.17) is 5.73 Å². The number of hydrogen-bond donors (Lipinski definition) is 1. The summed E-state index contributed by atoms with van der Waals surface area (Å²) >= 11 is 0. The van der Waals surface area contributed by atoms with E-state index in [0.717, 1.165) is 0 Å². The first-order chi connectivity index (χ1) is 6.39. The Labute approximate surface area is 80.7 Å². The molecule has 5 heteroatoms. The number of halogens is 4. The third-order valence-electron chi connectivity index (χ3n) is 2.89. The van der Waals surface area contributed by atoms with Crippen LogP contribution in [0.1, 0.15) is 32.1 Å². The van der Waals surface area contributed by atoms with Gasteiger partial charge >= 0.3 is 6.18 Å². The van der Waals surface area contributed by atoms with Crippen LogP contribution in [-0.2, 0) is 0 Å². The Balaban J connectivity index is 2.47. The first kappa shape index (κ1) is 11.8. The van der Waals surface area contributed by atoms with E-state index in [0.29, 0.717) is 25.8 Å². The molecule has 0 heterocycles. The number of hydrogen-bond acceptors (Lipinski definition) is 1. The summed E-state index contributed by atoms with van der Waals surface area (Å²) in [6.07, 6.45) is -3.85. The number of alkyl halides is 4. The molecule has 1 fully saturated rings. The summed E-state index contributed by atoms with van der Waals surface area (Å²) in [6, 6.07) is 0. The molecule has 1 aliphatic carbocycles. The minimum absolute atomic E-state index is 0.148. The van der Waals surface area contributed by atoms with E-state index >= 15 is 0 Å². The van der Waals surface area contributed by atoms with Crippen molar-refractivity contribution < 1.29 is 17.6 Å². The van der Waals surface area contributed by atoms with E-state index in [-0.39, 0.29) is 18.8 Å². The Morgan fingerprint density at radius 3 is 2.43 bits per heavy atom. The van der Waals surface area contributed by atoms with Crippen LogP contribution in [0.15, 0.2) is 0 Å². The van der Waals surface area contributed by atoms with Crippen LogP contribution in [0.5, 0.6) is 0 Å². The molecule has 1 rings (SSSR count). The topological polar surface area (TPSA) is 26.0 Å². The van der Waals surface area contributed by atoms with Crippen molar-refractivity contribution in [2.45, 2.75) is 43.9 Å². The van der Waals surface area contributed by atoms with E-state index in [1.54, 1.807) is 0 Å². The van der Waals surface area contributed by atoms with Crippen molar-refractivity contribution >= 4 is 0 Å².